The number of aryl methyl sites for hydroxylation is 2. The van der Waals surface area contributed by atoms with Crippen LogP contribution in [0.1, 0.15) is 36.1 Å². The van der Waals surface area contributed by atoms with Gasteiger partial charge in [0.2, 0.25) is 0 Å². The maximum Gasteiger partial charge on any atom is 0.127 e. The Balaban J connectivity index is 1.89. The first-order chi connectivity index (χ1) is 9.24. The number of hydrogen-bond donors (Lipinski definition) is 0. The number of benzene rings is 2. The molecule has 2 aromatic carbocycles. The molecule has 0 amide bonds. The van der Waals surface area contributed by atoms with E-state index in [0.29, 0.717) is 5.92 Å². The molecule has 1 aliphatic carbocycles. The summed E-state index contributed by atoms with van der Waals surface area (Å²) in [6, 6.07) is 17.0. The topological polar surface area (TPSA) is 9.23 Å². The summed E-state index contributed by atoms with van der Waals surface area (Å²) in [4.78, 5) is 0. The van der Waals surface area contributed by atoms with Gasteiger partial charge in [-0.05, 0) is 48.9 Å². The van der Waals surface area contributed by atoms with Gasteiger partial charge in [0.25, 0.3) is 0 Å². The van der Waals surface area contributed by atoms with Crippen LogP contribution in [0.5, 0.6) is 5.75 Å². The van der Waals surface area contributed by atoms with E-state index in [-0.39, 0.29) is 6.10 Å². The van der Waals surface area contributed by atoms with Gasteiger partial charge in [-0.15, -0.1) is 0 Å². The fourth-order valence-electron chi connectivity index (χ4n) is 2.82. The van der Waals surface area contributed by atoms with Crippen LogP contribution in [0.2, 0.25) is 0 Å². The molecule has 2 atom stereocenters. The molecule has 1 heteroatoms. The van der Waals surface area contributed by atoms with E-state index in [1.54, 1.807) is 0 Å². The zero-order chi connectivity index (χ0) is 13.2. The fraction of sp³-hybridized carbons (Fsp3) is 0.333. The maximum absolute atomic E-state index is 6.25. The Hall–Kier alpha value is -1.76. The number of rotatable bonds is 2. The third-order valence-corrected chi connectivity index (χ3v) is 4.03. The van der Waals surface area contributed by atoms with Crippen molar-refractivity contribution in [2.75, 3.05) is 0 Å². The molecule has 19 heavy (non-hydrogen) atoms. The second-order valence-electron chi connectivity index (χ2n) is 5.57. The first-order valence-corrected chi connectivity index (χ1v) is 7.05. The highest BCUT2D eigenvalue weighted by atomic mass is 16.5. The molecule has 3 rings (SSSR count). The highest BCUT2D eigenvalue weighted by molar-refractivity contribution is 5.34. The van der Waals surface area contributed by atoms with Crippen molar-refractivity contribution in [3.63, 3.8) is 0 Å². The van der Waals surface area contributed by atoms with Crippen LogP contribution in [0, 0.1) is 12.8 Å². The average molecular weight is 252 g/mol. The smallest absolute Gasteiger partial charge is 0.127 e. The predicted octanol–water partition coefficient (Wildman–Crippen LogP) is 4.70. The fourth-order valence-corrected chi connectivity index (χ4v) is 2.82. The maximum atomic E-state index is 6.25. The monoisotopic (exact) mass is 252 g/mol. The Labute approximate surface area is 115 Å². The van der Waals surface area contributed by atoms with Crippen LogP contribution < -0.4 is 4.74 Å². The Bertz CT molecular complexity index is 556. The molecule has 98 valence electrons. The van der Waals surface area contributed by atoms with Crippen LogP contribution in [-0.2, 0) is 6.42 Å². The summed E-state index contributed by atoms with van der Waals surface area (Å²) >= 11 is 0. The van der Waals surface area contributed by atoms with Gasteiger partial charge in [0, 0.05) is 0 Å². The number of hydrogen-bond acceptors (Lipinski definition) is 1. The molecular formula is C18H20O. The van der Waals surface area contributed by atoms with Gasteiger partial charge in [0.15, 0.2) is 0 Å². The van der Waals surface area contributed by atoms with E-state index < -0.39 is 0 Å². The molecule has 0 saturated carbocycles. The molecule has 0 aliphatic heterocycles. The Morgan fingerprint density at radius 2 is 1.74 bits per heavy atom. The highest BCUT2D eigenvalue weighted by Gasteiger charge is 2.27. The van der Waals surface area contributed by atoms with Gasteiger partial charge >= 0.3 is 0 Å². The van der Waals surface area contributed by atoms with Crippen molar-refractivity contribution in [1.29, 1.82) is 0 Å². The Morgan fingerprint density at radius 3 is 2.53 bits per heavy atom. The molecule has 1 aliphatic rings. The Morgan fingerprint density at radius 1 is 1.00 bits per heavy atom. The first-order valence-electron chi connectivity index (χ1n) is 7.05. The summed E-state index contributed by atoms with van der Waals surface area (Å²) in [5.41, 5.74) is 4.07. The largest absolute Gasteiger partial charge is 0.485 e. The first kappa shape index (κ1) is 12.3. The van der Waals surface area contributed by atoms with Crippen molar-refractivity contribution in [1.82, 2.24) is 0 Å². The summed E-state index contributed by atoms with van der Waals surface area (Å²) < 4.78 is 6.25. The molecule has 0 radical (unpaired) electrons. The average Bonchev–Trinajstić information content (AvgIpc) is 2.44. The summed E-state index contributed by atoms with van der Waals surface area (Å²) in [6.07, 6.45) is 2.56. The molecule has 0 aromatic heterocycles. The standard InChI is InChI=1S/C18H20O/c1-13-7-11-16(12-8-13)19-18-14(2)9-10-15-5-3-4-6-17(15)18/h3-8,11-12,14,18H,9-10H2,1-2H3/t14?,18-/m1/s1. The lowest BCUT2D eigenvalue weighted by molar-refractivity contribution is 0.129. The van der Waals surface area contributed by atoms with Crippen LogP contribution in [0.3, 0.4) is 0 Å². The zero-order valence-electron chi connectivity index (χ0n) is 11.6. The van der Waals surface area contributed by atoms with Crippen molar-refractivity contribution in [3.8, 4) is 5.75 Å². The van der Waals surface area contributed by atoms with Crippen LogP contribution in [0.4, 0.5) is 0 Å². The van der Waals surface area contributed by atoms with Crippen molar-refractivity contribution < 1.29 is 4.74 Å². The minimum absolute atomic E-state index is 0.188. The second kappa shape index (κ2) is 5.08. The van der Waals surface area contributed by atoms with E-state index >= 15 is 0 Å². The molecule has 0 spiro atoms. The highest BCUT2D eigenvalue weighted by Crippen LogP contribution is 2.37. The second-order valence-corrected chi connectivity index (χ2v) is 5.57. The summed E-state index contributed by atoms with van der Waals surface area (Å²) in [5, 5.41) is 0. The summed E-state index contributed by atoms with van der Waals surface area (Å²) in [5.74, 6) is 1.54. The van der Waals surface area contributed by atoms with Gasteiger partial charge in [-0.3, -0.25) is 0 Å². The molecule has 1 unspecified atom stereocenters. The van der Waals surface area contributed by atoms with Gasteiger partial charge in [0.05, 0.1) is 0 Å². The van der Waals surface area contributed by atoms with E-state index in [1.165, 1.54) is 29.5 Å². The molecular weight excluding hydrogens is 232 g/mol. The van der Waals surface area contributed by atoms with E-state index in [2.05, 4.69) is 62.4 Å². The van der Waals surface area contributed by atoms with Gasteiger partial charge in [0.1, 0.15) is 11.9 Å². The Kier molecular flexibility index (Phi) is 3.29. The normalized spacial score (nSPS) is 21.8. The third-order valence-electron chi connectivity index (χ3n) is 4.03. The lowest BCUT2D eigenvalue weighted by Crippen LogP contribution is -2.23. The van der Waals surface area contributed by atoms with Crippen molar-refractivity contribution in [3.05, 3.63) is 65.2 Å². The van der Waals surface area contributed by atoms with E-state index in [9.17, 15) is 0 Å². The molecule has 0 heterocycles. The minimum atomic E-state index is 0.188. The van der Waals surface area contributed by atoms with E-state index in [0.717, 1.165) is 5.75 Å². The van der Waals surface area contributed by atoms with E-state index in [4.69, 9.17) is 4.74 Å². The van der Waals surface area contributed by atoms with Crippen LogP contribution in [0.15, 0.2) is 48.5 Å². The van der Waals surface area contributed by atoms with Crippen molar-refractivity contribution >= 4 is 0 Å². The SMILES string of the molecule is Cc1ccc(O[C@H]2c3ccccc3CCC2C)cc1. The van der Waals surface area contributed by atoms with Crippen molar-refractivity contribution in [2.24, 2.45) is 5.92 Å². The molecule has 0 N–H and O–H groups in total. The zero-order valence-corrected chi connectivity index (χ0v) is 11.6. The lowest BCUT2D eigenvalue weighted by atomic mass is 9.82. The number of fused-ring (bicyclic) bond motifs is 1. The molecule has 0 saturated heterocycles. The summed E-state index contributed by atoms with van der Waals surface area (Å²) in [7, 11) is 0. The predicted molar refractivity (Wildman–Crippen MR) is 78.5 cm³/mol. The molecule has 1 nitrogen and oxygen atoms in total. The van der Waals surface area contributed by atoms with Crippen LogP contribution >= 0.6 is 0 Å². The lowest BCUT2D eigenvalue weighted by Gasteiger charge is -2.31. The van der Waals surface area contributed by atoms with Crippen molar-refractivity contribution in [2.45, 2.75) is 32.8 Å². The van der Waals surface area contributed by atoms with Crippen LogP contribution in [-0.4, -0.2) is 0 Å². The third kappa shape index (κ3) is 2.51. The van der Waals surface area contributed by atoms with Gasteiger partial charge < -0.3 is 4.74 Å². The van der Waals surface area contributed by atoms with E-state index in [1.807, 2.05) is 0 Å². The summed E-state index contributed by atoms with van der Waals surface area (Å²) in [6.45, 7) is 4.39. The van der Waals surface area contributed by atoms with Gasteiger partial charge in [-0.1, -0.05) is 48.9 Å². The molecule has 2 aromatic rings. The van der Waals surface area contributed by atoms with Gasteiger partial charge in [-0.25, -0.2) is 0 Å². The number of ether oxygens (including phenoxy) is 1. The van der Waals surface area contributed by atoms with Gasteiger partial charge in [-0.2, -0.15) is 0 Å². The quantitative estimate of drug-likeness (QED) is 0.753. The molecule has 0 bridgehead atoms. The minimum Gasteiger partial charge on any atom is -0.485 e. The van der Waals surface area contributed by atoms with Crippen LogP contribution in [0.25, 0.3) is 0 Å². The molecule has 0 fully saturated rings.